The van der Waals surface area contributed by atoms with Gasteiger partial charge in [-0.05, 0) is 50.9 Å². The minimum Gasteiger partial charge on any atom is -0.312 e. The van der Waals surface area contributed by atoms with Crippen molar-refractivity contribution >= 4 is 43.2 Å². The van der Waals surface area contributed by atoms with Crippen LogP contribution in [0.25, 0.3) is 0 Å². The average Bonchev–Trinajstić information content (AvgIpc) is 2.41. The maximum atomic E-state index is 3.48. The lowest BCUT2D eigenvalue weighted by molar-refractivity contribution is 0.646. The fourth-order valence-corrected chi connectivity index (χ4v) is 3.14. The van der Waals surface area contributed by atoms with Crippen LogP contribution in [0, 0.1) is 0 Å². The van der Waals surface area contributed by atoms with Gasteiger partial charge in [-0.25, -0.2) is 0 Å². The lowest BCUT2D eigenvalue weighted by Gasteiger charge is -1.99. The summed E-state index contributed by atoms with van der Waals surface area (Å²) >= 11 is 8.74. The number of hydrogen-bond acceptors (Lipinski definition) is 2. The minimum atomic E-state index is 0.981. The van der Waals surface area contributed by atoms with Crippen molar-refractivity contribution in [1.29, 1.82) is 0 Å². The van der Waals surface area contributed by atoms with Gasteiger partial charge in [0, 0.05) is 15.9 Å². The lowest BCUT2D eigenvalue weighted by Crippen LogP contribution is -2.13. The van der Waals surface area contributed by atoms with Crippen LogP contribution < -0.4 is 5.32 Å². The van der Waals surface area contributed by atoms with E-state index in [1.54, 1.807) is 11.3 Å². The van der Waals surface area contributed by atoms with E-state index in [-0.39, 0.29) is 0 Å². The summed E-state index contributed by atoms with van der Waals surface area (Å²) in [5.74, 6) is 0. The van der Waals surface area contributed by atoms with Crippen molar-refractivity contribution in [2.45, 2.75) is 26.3 Å². The summed E-state index contributed by atoms with van der Waals surface area (Å²) in [5, 5.41) is 3.41. The molecule has 0 aliphatic rings. The smallest absolute Gasteiger partial charge is 0.0843 e. The standard InChI is InChI=1S/C9H13Br2NS/c1-2-3-4-12-6-7-5-8(10)9(11)13-7/h5,12H,2-4,6H2,1H3. The van der Waals surface area contributed by atoms with Crippen LogP contribution in [0.2, 0.25) is 0 Å². The average molecular weight is 327 g/mol. The Morgan fingerprint density at radius 1 is 1.46 bits per heavy atom. The van der Waals surface area contributed by atoms with E-state index in [1.807, 2.05) is 0 Å². The first-order valence-corrected chi connectivity index (χ1v) is 6.78. The molecule has 0 atom stereocenters. The number of rotatable bonds is 5. The van der Waals surface area contributed by atoms with Gasteiger partial charge in [0.25, 0.3) is 0 Å². The molecule has 1 heterocycles. The zero-order valence-electron chi connectivity index (χ0n) is 7.57. The second-order valence-corrected chi connectivity index (χ2v) is 6.17. The predicted octanol–water partition coefficient (Wildman–Crippen LogP) is 4.16. The third-order valence-corrected chi connectivity index (χ3v) is 4.96. The highest BCUT2D eigenvalue weighted by atomic mass is 79.9. The Labute approximate surface area is 100 Å². The molecule has 13 heavy (non-hydrogen) atoms. The molecular formula is C9H13Br2NS. The Morgan fingerprint density at radius 2 is 2.23 bits per heavy atom. The molecule has 0 aliphatic carbocycles. The Balaban J connectivity index is 2.29. The molecule has 0 saturated carbocycles. The molecule has 1 nitrogen and oxygen atoms in total. The number of nitrogens with one attached hydrogen (secondary N) is 1. The molecule has 74 valence electrons. The van der Waals surface area contributed by atoms with Gasteiger partial charge in [-0.15, -0.1) is 11.3 Å². The van der Waals surface area contributed by atoms with Crippen LogP contribution >= 0.6 is 43.2 Å². The van der Waals surface area contributed by atoms with E-state index in [0.717, 1.165) is 17.6 Å². The van der Waals surface area contributed by atoms with Crippen molar-refractivity contribution < 1.29 is 0 Å². The molecule has 1 N–H and O–H groups in total. The Morgan fingerprint density at radius 3 is 2.77 bits per heavy atom. The van der Waals surface area contributed by atoms with Crippen LogP contribution in [0.1, 0.15) is 24.6 Å². The van der Waals surface area contributed by atoms with Gasteiger partial charge in [0.15, 0.2) is 0 Å². The maximum absolute atomic E-state index is 3.48. The Bertz CT molecular complexity index is 241. The van der Waals surface area contributed by atoms with Crippen molar-refractivity contribution in [3.05, 3.63) is 19.2 Å². The van der Waals surface area contributed by atoms with Crippen LogP contribution in [0.15, 0.2) is 14.3 Å². The normalized spacial score (nSPS) is 10.7. The zero-order chi connectivity index (χ0) is 9.68. The summed E-state index contributed by atoms with van der Waals surface area (Å²) in [7, 11) is 0. The fraction of sp³-hybridized carbons (Fsp3) is 0.556. The molecule has 0 fully saturated rings. The van der Waals surface area contributed by atoms with Crippen molar-refractivity contribution in [2.75, 3.05) is 6.54 Å². The topological polar surface area (TPSA) is 12.0 Å². The lowest BCUT2D eigenvalue weighted by atomic mass is 10.3. The van der Waals surface area contributed by atoms with Crippen LogP contribution in [-0.4, -0.2) is 6.54 Å². The summed E-state index contributed by atoms with van der Waals surface area (Å²) in [6, 6.07) is 2.16. The summed E-state index contributed by atoms with van der Waals surface area (Å²) in [4.78, 5) is 1.37. The minimum absolute atomic E-state index is 0.981. The SMILES string of the molecule is CCCCNCc1cc(Br)c(Br)s1. The first-order valence-electron chi connectivity index (χ1n) is 4.38. The quantitative estimate of drug-likeness (QED) is 0.801. The fourth-order valence-electron chi connectivity index (χ4n) is 0.992. The van der Waals surface area contributed by atoms with Gasteiger partial charge < -0.3 is 5.32 Å². The first-order chi connectivity index (χ1) is 6.24. The first kappa shape index (κ1) is 11.7. The van der Waals surface area contributed by atoms with Gasteiger partial charge >= 0.3 is 0 Å². The molecule has 0 bridgehead atoms. The van der Waals surface area contributed by atoms with Crippen molar-refractivity contribution in [3.8, 4) is 0 Å². The van der Waals surface area contributed by atoms with E-state index in [9.17, 15) is 0 Å². The molecule has 0 radical (unpaired) electrons. The molecule has 1 aromatic heterocycles. The highest BCUT2D eigenvalue weighted by Gasteiger charge is 2.02. The highest BCUT2D eigenvalue weighted by molar-refractivity contribution is 9.13. The van der Waals surface area contributed by atoms with E-state index >= 15 is 0 Å². The van der Waals surface area contributed by atoms with Crippen molar-refractivity contribution in [3.63, 3.8) is 0 Å². The molecule has 0 unspecified atom stereocenters. The number of halogens is 2. The molecule has 1 aromatic rings. The predicted molar refractivity (Wildman–Crippen MR) is 66.3 cm³/mol. The molecule has 0 aromatic carbocycles. The Kier molecular flexibility index (Phi) is 5.55. The summed E-state index contributed by atoms with van der Waals surface area (Å²) < 4.78 is 2.34. The molecule has 0 saturated heterocycles. The van der Waals surface area contributed by atoms with E-state index in [4.69, 9.17) is 0 Å². The Hall–Kier alpha value is 0.620. The van der Waals surface area contributed by atoms with E-state index in [2.05, 4.69) is 50.2 Å². The van der Waals surface area contributed by atoms with Crippen molar-refractivity contribution in [2.24, 2.45) is 0 Å². The monoisotopic (exact) mass is 325 g/mol. The number of hydrogen-bond donors (Lipinski definition) is 1. The van der Waals surface area contributed by atoms with Gasteiger partial charge in [-0.2, -0.15) is 0 Å². The van der Waals surface area contributed by atoms with Crippen LogP contribution in [0.5, 0.6) is 0 Å². The molecule has 1 rings (SSSR count). The third-order valence-electron chi connectivity index (χ3n) is 1.70. The molecule has 0 aliphatic heterocycles. The van der Waals surface area contributed by atoms with Gasteiger partial charge in [0.05, 0.1) is 3.79 Å². The zero-order valence-corrected chi connectivity index (χ0v) is 11.6. The van der Waals surface area contributed by atoms with E-state index in [1.165, 1.54) is 21.5 Å². The van der Waals surface area contributed by atoms with E-state index < -0.39 is 0 Å². The second kappa shape index (κ2) is 6.17. The number of unbranched alkanes of at least 4 members (excludes halogenated alkanes) is 1. The summed E-state index contributed by atoms with van der Waals surface area (Å²) in [6.07, 6.45) is 2.51. The summed E-state index contributed by atoms with van der Waals surface area (Å²) in [6.45, 7) is 4.30. The molecule has 0 spiro atoms. The third kappa shape index (κ3) is 4.11. The van der Waals surface area contributed by atoms with Crippen LogP contribution in [-0.2, 0) is 6.54 Å². The second-order valence-electron chi connectivity index (χ2n) is 2.86. The maximum Gasteiger partial charge on any atom is 0.0843 e. The van der Waals surface area contributed by atoms with Gasteiger partial charge in [-0.3, -0.25) is 0 Å². The van der Waals surface area contributed by atoms with Gasteiger partial charge in [0.2, 0.25) is 0 Å². The van der Waals surface area contributed by atoms with Crippen molar-refractivity contribution in [1.82, 2.24) is 5.32 Å². The highest BCUT2D eigenvalue weighted by Crippen LogP contribution is 2.32. The molecule has 0 amide bonds. The van der Waals surface area contributed by atoms with Gasteiger partial charge in [-0.1, -0.05) is 13.3 Å². The van der Waals surface area contributed by atoms with Crippen LogP contribution in [0.4, 0.5) is 0 Å². The van der Waals surface area contributed by atoms with E-state index in [0.29, 0.717) is 0 Å². The number of thiophene rings is 1. The summed E-state index contributed by atoms with van der Waals surface area (Å²) in [5.41, 5.74) is 0. The van der Waals surface area contributed by atoms with Gasteiger partial charge in [0.1, 0.15) is 0 Å². The largest absolute Gasteiger partial charge is 0.312 e. The molecule has 4 heteroatoms. The molecular weight excluding hydrogens is 314 g/mol. The van der Waals surface area contributed by atoms with Crippen LogP contribution in [0.3, 0.4) is 0 Å².